The number of hydrogen-bond acceptors (Lipinski definition) is 6. The van der Waals surface area contributed by atoms with Crippen LogP contribution in [0, 0.1) is 29.1 Å². The summed E-state index contributed by atoms with van der Waals surface area (Å²) in [6.07, 6.45) is 5.35. The van der Waals surface area contributed by atoms with Gasteiger partial charge in [-0.3, -0.25) is 14.6 Å². The second-order valence-electron chi connectivity index (χ2n) is 11.1. The van der Waals surface area contributed by atoms with Gasteiger partial charge in [0.05, 0.1) is 12.1 Å². The van der Waals surface area contributed by atoms with Gasteiger partial charge in [0.15, 0.2) is 5.72 Å². The summed E-state index contributed by atoms with van der Waals surface area (Å²) < 4.78 is 43.4. The van der Waals surface area contributed by atoms with Gasteiger partial charge in [0.25, 0.3) is 0 Å². The minimum Gasteiger partial charge on any atom is -0.432 e. The van der Waals surface area contributed by atoms with Crippen LogP contribution in [0.5, 0.6) is 0 Å². The summed E-state index contributed by atoms with van der Waals surface area (Å²) in [5.74, 6) is -2.70. The first-order valence-electron chi connectivity index (χ1n) is 12.7. The van der Waals surface area contributed by atoms with Crippen molar-refractivity contribution in [2.24, 2.45) is 23.5 Å². The molecule has 10 heteroatoms. The molecule has 7 nitrogen and oxygen atoms in total. The molecule has 2 bridgehead atoms. The Balaban J connectivity index is 1.26. The largest absolute Gasteiger partial charge is 0.491 e. The van der Waals surface area contributed by atoms with Gasteiger partial charge in [-0.2, -0.15) is 18.4 Å². The molecular formula is C24H33F3N4O3. The van der Waals surface area contributed by atoms with Crippen molar-refractivity contribution in [1.82, 2.24) is 9.80 Å². The standard InChI is InChI=1S/C24H33F3N4O3/c25-24(26,27)22(33)34-23-11-16(23)10-19(12-28)31(23)21(32)20(29)15-8-17-6-7-18(9-15)30(17)13-14-4-2-1-3-5-14/h14-20H,1-11,13,29H2/t15?,16-,17?,18?,19+,20+,23+/m1/s1. The first-order valence-corrected chi connectivity index (χ1v) is 12.7. The van der Waals surface area contributed by atoms with Gasteiger partial charge in [-0.15, -0.1) is 0 Å². The van der Waals surface area contributed by atoms with Crippen LogP contribution in [0.3, 0.4) is 0 Å². The molecule has 2 unspecified atom stereocenters. The van der Waals surface area contributed by atoms with E-state index >= 15 is 0 Å². The van der Waals surface area contributed by atoms with Crippen molar-refractivity contribution in [3.63, 3.8) is 0 Å². The quantitative estimate of drug-likeness (QED) is 0.605. The molecule has 2 saturated carbocycles. The highest BCUT2D eigenvalue weighted by molar-refractivity contribution is 5.85. The van der Waals surface area contributed by atoms with Crippen LogP contribution in [0.4, 0.5) is 13.2 Å². The Labute approximate surface area is 197 Å². The third kappa shape index (κ3) is 4.09. The van der Waals surface area contributed by atoms with E-state index in [1.54, 1.807) is 0 Å². The number of esters is 1. The van der Waals surface area contributed by atoms with E-state index in [1.807, 2.05) is 6.07 Å². The number of carbonyl (C=O) groups is 2. The number of rotatable bonds is 5. The van der Waals surface area contributed by atoms with Gasteiger partial charge in [-0.25, -0.2) is 4.79 Å². The molecular weight excluding hydrogens is 449 g/mol. The Bertz CT molecular complexity index is 857. The number of alkyl halides is 3. The number of nitrogens with zero attached hydrogens (tertiary/aromatic N) is 3. The second-order valence-corrected chi connectivity index (χ2v) is 11.1. The molecule has 6 atom stereocenters. The molecule has 3 aliphatic heterocycles. The lowest BCUT2D eigenvalue weighted by atomic mass is 9.82. The maximum absolute atomic E-state index is 13.5. The van der Waals surface area contributed by atoms with E-state index in [4.69, 9.17) is 10.5 Å². The molecule has 1 amide bonds. The lowest BCUT2D eigenvalue weighted by Gasteiger charge is -2.43. The number of ether oxygens (including phenoxy) is 1. The number of likely N-dealkylation sites (tertiary alicyclic amines) is 1. The number of nitrogens with two attached hydrogens (primary N) is 1. The Morgan fingerprint density at radius 1 is 1.09 bits per heavy atom. The van der Waals surface area contributed by atoms with Crippen molar-refractivity contribution in [3.05, 3.63) is 0 Å². The molecule has 3 heterocycles. The molecule has 5 aliphatic rings. The van der Waals surface area contributed by atoms with Crippen LogP contribution in [0.15, 0.2) is 0 Å². The van der Waals surface area contributed by atoms with E-state index in [1.165, 1.54) is 32.1 Å². The number of halogens is 3. The predicted molar refractivity (Wildman–Crippen MR) is 115 cm³/mol. The number of carbonyl (C=O) groups excluding carboxylic acids is 2. The van der Waals surface area contributed by atoms with Gasteiger partial charge in [-0.05, 0) is 56.8 Å². The highest BCUT2D eigenvalue weighted by Crippen LogP contribution is 2.59. The lowest BCUT2D eigenvalue weighted by Crippen LogP contribution is -2.58. The molecule has 0 spiro atoms. The Kier molecular flexibility index (Phi) is 6.08. The molecule has 0 aromatic heterocycles. The molecule has 5 fully saturated rings. The monoisotopic (exact) mass is 482 g/mol. The minimum absolute atomic E-state index is 0.0971. The number of fused-ring (bicyclic) bond motifs is 3. The molecule has 0 aromatic rings. The van der Waals surface area contributed by atoms with Gasteiger partial charge in [-0.1, -0.05) is 19.3 Å². The van der Waals surface area contributed by atoms with Crippen molar-refractivity contribution in [1.29, 1.82) is 5.26 Å². The zero-order valence-corrected chi connectivity index (χ0v) is 19.3. The van der Waals surface area contributed by atoms with E-state index in [0.717, 1.165) is 43.0 Å². The summed E-state index contributed by atoms with van der Waals surface area (Å²) in [5, 5.41) is 9.55. The van der Waals surface area contributed by atoms with Crippen molar-refractivity contribution < 1.29 is 27.5 Å². The molecule has 2 aliphatic carbocycles. The Hall–Kier alpha value is -1.86. The molecule has 34 heavy (non-hydrogen) atoms. The fourth-order valence-corrected chi connectivity index (χ4v) is 7.28. The number of nitriles is 1. The number of hydrogen-bond donors (Lipinski definition) is 1. The fourth-order valence-electron chi connectivity index (χ4n) is 7.28. The normalized spacial score (nSPS) is 38.8. The topological polar surface area (TPSA) is 99.7 Å². The van der Waals surface area contributed by atoms with Crippen LogP contribution in [0.2, 0.25) is 0 Å². The molecule has 0 radical (unpaired) electrons. The van der Waals surface area contributed by atoms with Gasteiger partial charge < -0.3 is 10.5 Å². The van der Waals surface area contributed by atoms with Crippen molar-refractivity contribution in [3.8, 4) is 6.07 Å². The van der Waals surface area contributed by atoms with E-state index in [0.29, 0.717) is 12.1 Å². The molecule has 2 N–H and O–H groups in total. The first-order chi connectivity index (χ1) is 16.1. The first kappa shape index (κ1) is 23.9. The minimum atomic E-state index is -5.16. The summed E-state index contributed by atoms with van der Waals surface area (Å²) in [6, 6.07) is 0.903. The number of piperidine rings is 2. The van der Waals surface area contributed by atoms with Crippen LogP contribution in [-0.4, -0.2) is 64.3 Å². The van der Waals surface area contributed by atoms with E-state index in [9.17, 15) is 28.0 Å². The average molecular weight is 483 g/mol. The SMILES string of the molecule is N#C[C@@H]1C[C@@H]2C[C@@]2(OC(=O)C(F)(F)F)N1C(=O)[C@@H](N)C1CC2CCC(C1)N2CC1CCCCC1. The molecule has 3 saturated heterocycles. The van der Waals surface area contributed by atoms with E-state index < -0.39 is 41.8 Å². The van der Waals surface area contributed by atoms with Crippen LogP contribution in [0.25, 0.3) is 0 Å². The summed E-state index contributed by atoms with van der Waals surface area (Å²) >= 11 is 0. The van der Waals surface area contributed by atoms with E-state index in [-0.39, 0.29) is 18.8 Å². The van der Waals surface area contributed by atoms with Gasteiger partial charge in [0, 0.05) is 31.0 Å². The van der Waals surface area contributed by atoms with Crippen LogP contribution >= 0.6 is 0 Å². The molecule has 0 aromatic carbocycles. The maximum Gasteiger partial charge on any atom is 0.491 e. The van der Waals surface area contributed by atoms with Gasteiger partial charge in [0.1, 0.15) is 6.04 Å². The second kappa shape index (κ2) is 8.66. The zero-order valence-electron chi connectivity index (χ0n) is 19.3. The predicted octanol–water partition coefficient (Wildman–Crippen LogP) is 3.08. The average Bonchev–Trinajstić information content (AvgIpc) is 3.33. The molecule has 5 rings (SSSR count). The Morgan fingerprint density at radius 2 is 1.74 bits per heavy atom. The summed E-state index contributed by atoms with van der Waals surface area (Å²) in [6.45, 7) is 1.10. The maximum atomic E-state index is 13.5. The fraction of sp³-hybridized carbons (Fsp3) is 0.875. The highest BCUT2D eigenvalue weighted by Gasteiger charge is 2.72. The highest BCUT2D eigenvalue weighted by atomic mass is 19.4. The number of amides is 1. The smallest absolute Gasteiger partial charge is 0.432 e. The van der Waals surface area contributed by atoms with Crippen LogP contribution < -0.4 is 5.73 Å². The van der Waals surface area contributed by atoms with Crippen molar-refractivity contribution in [2.75, 3.05) is 6.54 Å². The van der Waals surface area contributed by atoms with E-state index in [2.05, 4.69) is 4.90 Å². The molecule has 188 valence electrons. The van der Waals surface area contributed by atoms with Crippen LogP contribution in [-0.2, 0) is 14.3 Å². The van der Waals surface area contributed by atoms with Gasteiger partial charge in [0.2, 0.25) is 5.91 Å². The summed E-state index contributed by atoms with van der Waals surface area (Å²) in [5.41, 5.74) is 4.77. The van der Waals surface area contributed by atoms with Gasteiger partial charge >= 0.3 is 12.1 Å². The van der Waals surface area contributed by atoms with Crippen molar-refractivity contribution >= 4 is 11.9 Å². The third-order valence-electron chi connectivity index (χ3n) is 9.04. The summed E-state index contributed by atoms with van der Waals surface area (Å²) in [7, 11) is 0. The Morgan fingerprint density at radius 3 is 2.32 bits per heavy atom. The zero-order chi connectivity index (χ0) is 24.3. The van der Waals surface area contributed by atoms with Crippen molar-refractivity contribution in [2.45, 2.75) is 107 Å². The lowest BCUT2D eigenvalue weighted by molar-refractivity contribution is -0.217. The third-order valence-corrected chi connectivity index (χ3v) is 9.04. The van der Waals surface area contributed by atoms with Crippen LogP contribution in [0.1, 0.15) is 70.6 Å². The summed E-state index contributed by atoms with van der Waals surface area (Å²) in [4.78, 5) is 28.7.